The quantitative estimate of drug-likeness (QED) is 0.814. The van der Waals surface area contributed by atoms with E-state index in [1.54, 1.807) is 14.2 Å². The summed E-state index contributed by atoms with van der Waals surface area (Å²) in [5, 5.41) is 0. The van der Waals surface area contributed by atoms with Crippen molar-refractivity contribution in [2.24, 2.45) is 0 Å². The van der Waals surface area contributed by atoms with Crippen LogP contribution >= 0.6 is 0 Å². The van der Waals surface area contributed by atoms with E-state index < -0.39 is 0 Å². The molecule has 1 aliphatic rings. The number of benzene rings is 1. The molecule has 3 heteroatoms. The van der Waals surface area contributed by atoms with Gasteiger partial charge in [-0.05, 0) is 50.6 Å². The first-order chi connectivity index (χ1) is 9.08. The highest BCUT2D eigenvalue weighted by Crippen LogP contribution is 2.38. The zero-order chi connectivity index (χ0) is 14.6. The van der Waals surface area contributed by atoms with Crippen molar-refractivity contribution in [2.45, 2.75) is 46.2 Å². The molecule has 2 rings (SSSR count). The van der Waals surface area contributed by atoms with Crippen LogP contribution in [0.5, 0.6) is 11.5 Å². The largest absolute Gasteiger partial charge is 0.493 e. The van der Waals surface area contributed by atoms with E-state index in [0.29, 0.717) is 12.1 Å². The van der Waals surface area contributed by atoms with Crippen LogP contribution < -0.4 is 9.47 Å². The number of hydrogen-bond donors (Lipinski definition) is 0. The lowest BCUT2D eigenvalue weighted by Gasteiger charge is -2.37. The Bertz CT molecular complexity index is 417. The van der Waals surface area contributed by atoms with Crippen LogP contribution in [-0.2, 0) is 6.42 Å². The van der Waals surface area contributed by atoms with Crippen molar-refractivity contribution >= 4 is 0 Å². The first-order valence-electron chi connectivity index (χ1n) is 7.05. The highest BCUT2D eigenvalue weighted by molar-refractivity contribution is 5.49. The molecule has 0 saturated heterocycles. The maximum absolute atomic E-state index is 5.37. The van der Waals surface area contributed by atoms with E-state index in [1.165, 1.54) is 11.1 Å². The van der Waals surface area contributed by atoms with Gasteiger partial charge in [0.1, 0.15) is 0 Å². The van der Waals surface area contributed by atoms with Gasteiger partial charge in [0.25, 0.3) is 0 Å². The Morgan fingerprint density at radius 2 is 1.58 bits per heavy atom. The number of nitrogens with zero attached hydrogens (tertiary/aromatic N) is 1. The van der Waals surface area contributed by atoms with E-state index in [1.807, 2.05) is 13.8 Å². The standard InChI is InChI=1S/C14H21NO2.C2H6/c1-9-6-11-7-13(16-4)14(17-5)8-12(11)10(2)15(9)3;1-2/h7-10H,6H2,1-5H3;1-2H3. The summed E-state index contributed by atoms with van der Waals surface area (Å²) in [6.07, 6.45) is 1.07. The maximum atomic E-state index is 5.37. The average molecular weight is 265 g/mol. The Balaban J connectivity index is 0.000000861. The molecule has 2 unspecified atom stereocenters. The Morgan fingerprint density at radius 1 is 1.05 bits per heavy atom. The summed E-state index contributed by atoms with van der Waals surface area (Å²) < 4.78 is 10.7. The van der Waals surface area contributed by atoms with Crippen LogP contribution in [-0.4, -0.2) is 32.2 Å². The third-order valence-electron chi connectivity index (χ3n) is 3.92. The molecule has 0 spiro atoms. The van der Waals surface area contributed by atoms with Gasteiger partial charge in [0.2, 0.25) is 0 Å². The van der Waals surface area contributed by atoms with Crippen molar-refractivity contribution in [3.63, 3.8) is 0 Å². The topological polar surface area (TPSA) is 21.7 Å². The van der Waals surface area contributed by atoms with Gasteiger partial charge in [-0.15, -0.1) is 0 Å². The highest BCUT2D eigenvalue weighted by atomic mass is 16.5. The second kappa shape index (κ2) is 6.80. The molecule has 0 aromatic heterocycles. The van der Waals surface area contributed by atoms with Gasteiger partial charge in [-0.1, -0.05) is 13.8 Å². The summed E-state index contributed by atoms with van der Waals surface area (Å²) in [6, 6.07) is 5.22. The summed E-state index contributed by atoms with van der Waals surface area (Å²) in [7, 11) is 5.55. The molecule has 0 aliphatic carbocycles. The maximum Gasteiger partial charge on any atom is 0.161 e. The van der Waals surface area contributed by atoms with Gasteiger partial charge in [0.05, 0.1) is 14.2 Å². The zero-order valence-corrected chi connectivity index (χ0v) is 13.3. The second-order valence-electron chi connectivity index (χ2n) is 4.80. The summed E-state index contributed by atoms with van der Waals surface area (Å²) >= 11 is 0. The van der Waals surface area contributed by atoms with Gasteiger partial charge >= 0.3 is 0 Å². The summed E-state index contributed by atoms with van der Waals surface area (Å²) in [5.74, 6) is 1.65. The predicted molar refractivity (Wildman–Crippen MR) is 80.2 cm³/mol. The van der Waals surface area contributed by atoms with E-state index in [0.717, 1.165) is 17.9 Å². The fourth-order valence-corrected chi connectivity index (χ4v) is 2.57. The van der Waals surface area contributed by atoms with Gasteiger partial charge < -0.3 is 9.47 Å². The molecule has 1 aromatic rings. The van der Waals surface area contributed by atoms with Crippen LogP contribution in [0.15, 0.2) is 12.1 Å². The van der Waals surface area contributed by atoms with Crippen LogP contribution in [0.1, 0.15) is 44.9 Å². The first-order valence-corrected chi connectivity index (χ1v) is 7.05. The molecule has 0 bridgehead atoms. The second-order valence-corrected chi connectivity index (χ2v) is 4.80. The smallest absolute Gasteiger partial charge is 0.161 e. The average Bonchev–Trinajstić information content (AvgIpc) is 2.46. The van der Waals surface area contributed by atoms with Gasteiger partial charge in [-0.2, -0.15) is 0 Å². The lowest BCUT2D eigenvalue weighted by atomic mass is 9.89. The van der Waals surface area contributed by atoms with E-state index in [2.05, 4.69) is 37.9 Å². The number of fused-ring (bicyclic) bond motifs is 1. The van der Waals surface area contributed by atoms with Crippen molar-refractivity contribution in [1.82, 2.24) is 4.90 Å². The van der Waals surface area contributed by atoms with E-state index in [9.17, 15) is 0 Å². The summed E-state index contributed by atoms with van der Waals surface area (Å²) in [5.41, 5.74) is 2.73. The predicted octanol–water partition coefficient (Wildman–Crippen LogP) is 3.67. The van der Waals surface area contributed by atoms with Crippen molar-refractivity contribution in [1.29, 1.82) is 0 Å². The molecule has 19 heavy (non-hydrogen) atoms. The minimum absolute atomic E-state index is 0.425. The number of hydrogen-bond acceptors (Lipinski definition) is 3. The summed E-state index contributed by atoms with van der Waals surface area (Å²) in [6.45, 7) is 8.50. The minimum Gasteiger partial charge on any atom is -0.493 e. The van der Waals surface area contributed by atoms with Crippen LogP contribution in [0.4, 0.5) is 0 Å². The third-order valence-corrected chi connectivity index (χ3v) is 3.92. The molecule has 2 atom stereocenters. The van der Waals surface area contributed by atoms with Crippen molar-refractivity contribution in [2.75, 3.05) is 21.3 Å². The fraction of sp³-hybridized carbons (Fsp3) is 0.625. The number of ether oxygens (including phenoxy) is 2. The molecule has 1 aromatic carbocycles. The van der Waals surface area contributed by atoms with Gasteiger partial charge in [-0.25, -0.2) is 0 Å². The minimum atomic E-state index is 0.425. The fourth-order valence-electron chi connectivity index (χ4n) is 2.57. The van der Waals surface area contributed by atoms with Crippen molar-refractivity contribution in [3.8, 4) is 11.5 Å². The van der Waals surface area contributed by atoms with Gasteiger partial charge in [0.15, 0.2) is 11.5 Å². The third kappa shape index (κ3) is 3.03. The molecule has 0 amide bonds. The Morgan fingerprint density at radius 3 is 2.11 bits per heavy atom. The number of rotatable bonds is 2. The SMILES string of the molecule is CC.COc1cc2c(cc1OC)C(C)N(C)C(C)C2. The molecule has 1 aliphatic heterocycles. The first kappa shape index (κ1) is 15.8. The lowest BCUT2D eigenvalue weighted by Crippen LogP contribution is -2.37. The zero-order valence-electron chi connectivity index (χ0n) is 13.3. The van der Waals surface area contributed by atoms with Gasteiger partial charge in [-0.3, -0.25) is 4.90 Å². The van der Waals surface area contributed by atoms with Crippen LogP contribution in [0, 0.1) is 0 Å². The number of likely N-dealkylation sites (N-methyl/N-ethyl adjacent to an activating group) is 1. The van der Waals surface area contributed by atoms with E-state index in [-0.39, 0.29) is 0 Å². The molecular formula is C16H27NO2. The number of methoxy groups -OCH3 is 2. The molecule has 1 heterocycles. The lowest BCUT2D eigenvalue weighted by molar-refractivity contribution is 0.178. The Hall–Kier alpha value is -1.22. The van der Waals surface area contributed by atoms with E-state index in [4.69, 9.17) is 9.47 Å². The highest BCUT2D eigenvalue weighted by Gasteiger charge is 2.27. The van der Waals surface area contributed by atoms with Crippen molar-refractivity contribution in [3.05, 3.63) is 23.3 Å². The molecule has 0 radical (unpaired) electrons. The normalized spacial score (nSPS) is 22.1. The molecule has 0 saturated carbocycles. The molecule has 3 nitrogen and oxygen atoms in total. The monoisotopic (exact) mass is 265 g/mol. The Labute approximate surface area is 117 Å². The molecule has 108 valence electrons. The van der Waals surface area contributed by atoms with E-state index >= 15 is 0 Å². The van der Waals surface area contributed by atoms with Crippen LogP contribution in [0.25, 0.3) is 0 Å². The van der Waals surface area contributed by atoms with Crippen LogP contribution in [0.2, 0.25) is 0 Å². The Kier molecular flexibility index (Phi) is 5.67. The molecule has 0 fully saturated rings. The van der Waals surface area contributed by atoms with Crippen molar-refractivity contribution < 1.29 is 9.47 Å². The van der Waals surface area contributed by atoms with Gasteiger partial charge in [0, 0.05) is 12.1 Å². The molecule has 0 N–H and O–H groups in total. The summed E-state index contributed by atoms with van der Waals surface area (Å²) in [4.78, 5) is 2.40. The van der Waals surface area contributed by atoms with Crippen LogP contribution in [0.3, 0.4) is 0 Å². The molecular weight excluding hydrogens is 238 g/mol.